The van der Waals surface area contributed by atoms with E-state index in [0.29, 0.717) is 24.9 Å². The van der Waals surface area contributed by atoms with E-state index in [1.54, 1.807) is 0 Å². The summed E-state index contributed by atoms with van der Waals surface area (Å²) in [5.74, 6) is 1.08. The summed E-state index contributed by atoms with van der Waals surface area (Å²) in [6, 6.07) is 10.4. The molecule has 2 aliphatic rings. The first-order chi connectivity index (χ1) is 15.0. The molecule has 0 aromatic heterocycles. The minimum absolute atomic E-state index is 0.0428. The van der Waals surface area contributed by atoms with Gasteiger partial charge in [-0.2, -0.15) is 0 Å². The second-order valence-corrected chi connectivity index (χ2v) is 9.51. The van der Waals surface area contributed by atoms with Crippen molar-refractivity contribution in [3.8, 4) is 0 Å². The Morgan fingerprint density at radius 3 is 2.74 bits per heavy atom. The zero-order valence-electron chi connectivity index (χ0n) is 19.2. The lowest BCUT2D eigenvalue weighted by molar-refractivity contribution is -0.147. The number of carbonyl (C=O) groups is 1. The monoisotopic (exact) mass is 432 g/mol. The highest BCUT2D eigenvalue weighted by Crippen LogP contribution is 2.42. The summed E-state index contributed by atoms with van der Waals surface area (Å²) in [5.41, 5.74) is 1.30. The fourth-order valence-corrected chi connectivity index (χ4v) is 5.16. The first-order valence-corrected chi connectivity index (χ1v) is 12.1. The molecule has 0 bridgehead atoms. The van der Waals surface area contributed by atoms with Gasteiger partial charge >= 0.3 is 5.97 Å². The van der Waals surface area contributed by atoms with Gasteiger partial charge in [0.15, 0.2) is 0 Å². The molecule has 2 fully saturated rings. The Bertz CT molecular complexity index is 646. The van der Waals surface area contributed by atoms with Crippen LogP contribution >= 0.6 is 0 Å². The third kappa shape index (κ3) is 7.89. The van der Waals surface area contributed by atoms with Crippen LogP contribution < -0.4 is 0 Å². The standard InChI is InChI=1S/C26H40O5/c1-19(2)31-26(28)10-6-9-21-11-12-23-22(24(27)17-25(23)30-18-21)14-16-29-15-13-20-7-4-3-5-8-20/h3-5,7-8,19,21-25,27H,6,9-18H2,1-2H3/t21-,22+,23+,24+,25-/m0/s1. The molecule has 1 aliphatic carbocycles. The van der Waals surface area contributed by atoms with Gasteiger partial charge in [0.25, 0.3) is 0 Å². The Labute approximate surface area is 187 Å². The van der Waals surface area contributed by atoms with Crippen LogP contribution in [0.4, 0.5) is 0 Å². The van der Waals surface area contributed by atoms with Crippen LogP contribution in [-0.4, -0.2) is 49.2 Å². The number of carbonyl (C=O) groups excluding carboxylic acids is 1. The Morgan fingerprint density at radius 2 is 1.97 bits per heavy atom. The summed E-state index contributed by atoms with van der Waals surface area (Å²) in [6.45, 7) is 5.93. The number of aliphatic hydroxyl groups excluding tert-OH is 1. The van der Waals surface area contributed by atoms with Crippen molar-refractivity contribution in [3.05, 3.63) is 35.9 Å². The van der Waals surface area contributed by atoms with Gasteiger partial charge in [0.2, 0.25) is 0 Å². The first-order valence-electron chi connectivity index (χ1n) is 12.1. The van der Waals surface area contributed by atoms with Gasteiger partial charge in [-0.15, -0.1) is 0 Å². The van der Waals surface area contributed by atoms with Crippen LogP contribution in [0.3, 0.4) is 0 Å². The molecule has 1 aromatic carbocycles. The van der Waals surface area contributed by atoms with Crippen LogP contribution in [0, 0.1) is 17.8 Å². The van der Waals surface area contributed by atoms with Crippen molar-refractivity contribution in [2.45, 2.75) is 83.5 Å². The fraction of sp³-hybridized carbons (Fsp3) is 0.731. The van der Waals surface area contributed by atoms with Crippen molar-refractivity contribution in [1.82, 2.24) is 0 Å². The summed E-state index contributed by atoms with van der Waals surface area (Å²) in [5, 5.41) is 10.6. The van der Waals surface area contributed by atoms with Crippen molar-refractivity contribution < 1.29 is 24.1 Å². The smallest absolute Gasteiger partial charge is 0.306 e. The number of aliphatic hydroxyl groups is 1. The van der Waals surface area contributed by atoms with E-state index in [1.165, 1.54) is 5.56 Å². The maximum atomic E-state index is 11.7. The number of rotatable bonds is 11. The molecule has 1 saturated carbocycles. The molecule has 1 saturated heterocycles. The predicted octanol–water partition coefficient (Wildman–Crippen LogP) is 4.55. The number of fused-ring (bicyclic) bond motifs is 1. The maximum Gasteiger partial charge on any atom is 0.306 e. The van der Waals surface area contributed by atoms with Gasteiger partial charge in [-0.25, -0.2) is 0 Å². The van der Waals surface area contributed by atoms with E-state index in [9.17, 15) is 9.90 Å². The average molecular weight is 433 g/mol. The molecule has 0 unspecified atom stereocenters. The lowest BCUT2D eigenvalue weighted by Crippen LogP contribution is -2.24. The van der Waals surface area contributed by atoms with Gasteiger partial charge in [0.05, 0.1) is 24.9 Å². The highest BCUT2D eigenvalue weighted by Gasteiger charge is 2.44. The molecule has 5 heteroatoms. The Balaban J connectivity index is 1.35. The van der Waals surface area contributed by atoms with Gasteiger partial charge in [0.1, 0.15) is 0 Å². The van der Waals surface area contributed by atoms with Crippen LogP contribution in [0.25, 0.3) is 0 Å². The van der Waals surface area contributed by atoms with E-state index < -0.39 is 0 Å². The van der Waals surface area contributed by atoms with Crippen molar-refractivity contribution in [3.63, 3.8) is 0 Å². The number of hydrogen-bond acceptors (Lipinski definition) is 5. The average Bonchev–Trinajstić information content (AvgIpc) is 2.90. The Kier molecular flexibility index (Phi) is 9.82. The second-order valence-electron chi connectivity index (χ2n) is 9.51. The molecular weight excluding hydrogens is 392 g/mol. The van der Waals surface area contributed by atoms with Crippen molar-refractivity contribution in [2.75, 3.05) is 19.8 Å². The van der Waals surface area contributed by atoms with E-state index in [4.69, 9.17) is 14.2 Å². The highest BCUT2D eigenvalue weighted by molar-refractivity contribution is 5.69. The van der Waals surface area contributed by atoms with Gasteiger partial charge < -0.3 is 19.3 Å². The summed E-state index contributed by atoms with van der Waals surface area (Å²) in [7, 11) is 0. The predicted molar refractivity (Wildman–Crippen MR) is 121 cm³/mol. The number of hydrogen-bond donors (Lipinski definition) is 1. The molecule has 5 nitrogen and oxygen atoms in total. The van der Waals surface area contributed by atoms with E-state index in [2.05, 4.69) is 24.3 Å². The minimum atomic E-state index is -0.282. The van der Waals surface area contributed by atoms with Gasteiger partial charge in [-0.3, -0.25) is 4.79 Å². The lowest BCUT2D eigenvalue weighted by atomic mass is 9.85. The first kappa shape index (κ1) is 24.2. The Hall–Kier alpha value is -1.43. The van der Waals surface area contributed by atoms with Crippen molar-refractivity contribution in [1.29, 1.82) is 0 Å². The molecule has 3 rings (SSSR count). The zero-order valence-corrected chi connectivity index (χ0v) is 19.2. The quantitative estimate of drug-likeness (QED) is 0.410. The van der Waals surface area contributed by atoms with Crippen LogP contribution in [-0.2, 0) is 25.4 Å². The highest BCUT2D eigenvalue weighted by atomic mass is 16.5. The lowest BCUT2D eigenvalue weighted by Gasteiger charge is -2.23. The zero-order chi connectivity index (χ0) is 22.1. The van der Waals surface area contributed by atoms with E-state index >= 15 is 0 Å². The molecule has 31 heavy (non-hydrogen) atoms. The molecule has 1 N–H and O–H groups in total. The van der Waals surface area contributed by atoms with Gasteiger partial charge in [-0.1, -0.05) is 30.3 Å². The van der Waals surface area contributed by atoms with Crippen LogP contribution in [0.1, 0.15) is 64.4 Å². The Morgan fingerprint density at radius 1 is 1.16 bits per heavy atom. The molecule has 1 aromatic rings. The molecule has 5 atom stereocenters. The molecule has 1 heterocycles. The van der Waals surface area contributed by atoms with E-state index in [1.807, 2.05) is 19.9 Å². The summed E-state index contributed by atoms with van der Waals surface area (Å²) in [4.78, 5) is 11.7. The third-order valence-electron chi connectivity index (χ3n) is 6.78. The number of esters is 1. The van der Waals surface area contributed by atoms with Crippen LogP contribution in [0.15, 0.2) is 30.3 Å². The number of ether oxygens (including phenoxy) is 3. The number of benzene rings is 1. The van der Waals surface area contributed by atoms with Crippen LogP contribution in [0.2, 0.25) is 0 Å². The minimum Gasteiger partial charge on any atom is -0.463 e. The molecule has 0 spiro atoms. The van der Waals surface area contributed by atoms with Crippen molar-refractivity contribution >= 4 is 5.97 Å². The molecule has 174 valence electrons. The van der Waals surface area contributed by atoms with Gasteiger partial charge in [0, 0.05) is 26.1 Å². The fourth-order valence-electron chi connectivity index (χ4n) is 5.16. The third-order valence-corrected chi connectivity index (χ3v) is 6.78. The topological polar surface area (TPSA) is 65.0 Å². The molecular formula is C26H40O5. The molecule has 0 radical (unpaired) electrons. The van der Waals surface area contributed by atoms with E-state index in [-0.39, 0.29) is 30.2 Å². The SMILES string of the molecule is CC(C)OC(=O)CCC[C@H]1CC[C@@H]2[C@@H](CCOCCc3ccccc3)[C@H](O)C[C@@H]2OC1. The van der Waals surface area contributed by atoms with Crippen molar-refractivity contribution in [2.24, 2.45) is 17.8 Å². The summed E-state index contributed by atoms with van der Waals surface area (Å²) >= 11 is 0. The normalized spacial score (nSPS) is 28.3. The van der Waals surface area contributed by atoms with E-state index in [0.717, 1.165) is 58.2 Å². The second kappa shape index (κ2) is 12.6. The molecule has 0 amide bonds. The molecule has 1 aliphatic heterocycles. The van der Waals surface area contributed by atoms with Gasteiger partial charge in [-0.05, 0) is 75.7 Å². The summed E-state index contributed by atoms with van der Waals surface area (Å²) in [6.07, 6.45) is 6.96. The largest absolute Gasteiger partial charge is 0.463 e. The van der Waals surface area contributed by atoms with Crippen LogP contribution in [0.5, 0.6) is 0 Å². The maximum absolute atomic E-state index is 11.7. The summed E-state index contributed by atoms with van der Waals surface area (Å²) < 4.78 is 17.3.